The predicted octanol–water partition coefficient (Wildman–Crippen LogP) is 3.20. The fourth-order valence-electron chi connectivity index (χ4n) is 4.02. The number of nitrogens with zero attached hydrogens (tertiary/aromatic N) is 4. The Bertz CT molecular complexity index is 1080. The molecule has 1 aromatic carbocycles. The number of H-pyrrole nitrogens is 1. The van der Waals surface area contributed by atoms with Crippen LogP contribution in [0, 0.1) is 0 Å². The van der Waals surface area contributed by atoms with E-state index in [1.165, 1.54) is 0 Å². The number of aromatic nitrogens is 4. The van der Waals surface area contributed by atoms with Crippen molar-refractivity contribution < 1.29 is 9.32 Å². The number of carbonyl (C=O) groups is 1. The molecule has 0 aliphatic carbocycles. The van der Waals surface area contributed by atoms with Crippen LogP contribution in [0.25, 0.3) is 11.0 Å². The summed E-state index contributed by atoms with van der Waals surface area (Å²) >= 11 is 0. The van der Waals surface area contributed by atoms with E-state index in [1.54, 1.807) is 0 Å². The number of carbonyl (C=O) groups excluding carboxylic acids is 1. The highest BCUT2D eigenvalue weighted by Gasteiger charge is 2.26. The second-order valence-corrected chi connectivity index (χ2v) is 9.04. The molecule has 1 aliphatic rings. The first-order valence-electron chi connectivity index (χ1n) is 10.6. The highest BCUT2D eigenvalue weighted by atomic mass is 16.5. The zero-order chi connectivity index (χ0) is 21.3. The molecule has 0 spiro atoms. The number of imidazole rings is 1. The van der Waals surface area contributed by atoms with Gasteiger partial charge in [0.25, 0.3) is 0 Å². The molecule has 4 rings (SSSR count). The van der Waals surface area contributed by atoms with Crippen LogP contribution in [0.4, 0.5) is 0 Å². The van der Waals surface area contributed by atoms with Gasteiger partial charge in [0.1, 0.15) is 0 Å². The quantitative estimate of drug-likeness (QED) is 0.695. The Morgan fingerprint density at radius 1 is 1.23 bits per heavy atom. The Hall–Kier alpha value is -2.90. The lowest BCUT2D eigenvalue weighted by Gasteiger charge is -2.32. The lowest BCUT2D eigenvalue weighted by molar-refractivity contribution is -0.132. The van der Waals surface area contributed by atoms with Crippen molar-refractivity contribution in [2.24, 2.45) is 0 Å². The first-order chi connectivity index (χ1) is 14.3. The Morgan fingerprint density at radius 3 is 2.67 bits per heavy atom. The van der Waals surface area contributed by atoms with E-state index in [1.807, 2.05) is 54.5 Å². The number of aromatic amines is 1. The first kappa shape index (κ1) is 20.4. The highest BCUT2D eigenvalue weighted by Crippen LogP contribution is 2.25. The van der Waals surface area contributed by atoms with Crippen LogP contribution in [0.5, 0.6) is 0 Å². The van der Waals surface area contributed by atoms with Gasteiger partial charge in [0.2, 0.25) is 11.8 Å². The number of para-hydroxylation sites is 2. The highest BCUT2D eigenvalue weighted by molar-refractivity contribution is 5.76. The summed E-state index contributed by atoms with van der Waals surface area (Å²) < 4.78 is 7.15. The summed E-state index contributed by atoms with van der Waals surface area (Å²) in [5.74, 6) is 1.43. The lowest BCUT2D eigenvalue weighted by Crippen LogP contribution is -2.40. The maximum atomic E-state index is 12.6. The van der Waals surface area contributed by atoms with Crippen molar-refractivity contribution in [1.82, 2.24) is 24.6 Å². The summed E-state index contributed by atoms with van der Waals surface area (Å²) in [7, 11) is 0. The minimum atomic E-state index is -0.144. The van der Waals surface area contributed by atoms with Crippen molar-refractivity contribution in [3.05, 3.63) is 46.5 Å². The normalized spacial score (nSPS) is 15.8. The smallest absolute Gasteiger partial charge is 0.326 e. The second kappa shape index (κ2) is 8.08. The zero-order valence-corrected chi connectivity index (χ0v) is 17.9. The van der Waals surface area contributed by atoms with Crippen molar-refractivity contribution in [3.63, 3.8) is 0 Å². The molecule has 1 N–H and O–H groups in total. The van der Waals surface area contributed by atoms with E-state index >= 15 is 0 Å². The van der Waals surface area contributed by atoms with Gasteiger partial charge in [-0.2, -0.15) is 4.98 Å². The monoisotopic (exact) mass is 411 g/mol. The van der Waals surface area contributed by atoms with Crippen LogP contribution < -0.4 is 5.69 Å². The SMILES string of the molecule is CC(C)(C)c1noc(CCCC(=O)N2CCC(n3c(=O)[nH]c4ccccc43)CC2)n1. The number of hydrogen-bond donors (Lipinski definition) is 1. The third-order valence-electron chi connectivity index (χ3n) is 5.73. The number of amides is 1. The largest absolute Gasteiger partial charge is 0.343 e. The molecule has 0 bridgehead atoms. The van der Waals surface area contributed by atoms with E-state index in [0.29, 0.717) is 44.1 Å². The maximum Gasteiger partial charge on any atom is 0.326 e. The van der Waals surface area contributed by atoms with E-state index < -0.39 is 0 Å². The van der Waals surface area contributed by atoms with Crippen molar-refractivity contribution in [1.29, 1.82) is 0 Å². The van der Waals surface area contributed by atoms with Crippen molar-refractivity contribution in [2.45, 2.75) is 64.3 Å². The first-order valence-corrected chi connectivity index (χ1v) is 10.6. The molecule has 8 nitrogen and oxygen atoms in total. The van der Waals surface area contributed by atoms with Crippen LogP contribution in [0.15, 0.2) is 33.6 Å². The third kappa shape index (κ3) is 4.17. The fraction of sp³-hybridized carbons (Fsp3) is 0.545. The Labute approximate surface area is 175 Å². The molecular weight excluding hydrogens is 382 g/mol. The van der Waals surface area contributed by atoms with E-state index in [-0.39, 0.29) is 23.1 Å². The molecule has 1 fully saturated rings. The van der Waals surface area contributed by atoms with Gasteiger partial charge in [-0.15, -0.1) is 0 Å². The van der Waals surface area contributed by atoms with Gasteiger partial charge < -0.3 is 14.4 Å². The van der Waals surface area contributed by atoms with Gasteiger partial charge in [-0.05, 0) is 31.4 Å². The molecule has 2 aromatic heterocycles. The van der Waals surface area contributed by atoms with Crippen LogP contribution in [-0.4, -0.2) is 43.6 Å². The molecule has 0 radical (unpaired) electrons. The Balaban J connectivity index is 1.29. The summed E-state index contributed by atoms with van der Waals surface area (Å²) in [4.78, 5) is 34.3. The minimum absolute atomic E-state index is 0.0739. The summed E-state index contributed by atoms with van der Waals surface area (Å²) in [6.45, 7) is 7.46. The molecule has 160 valence electrons. The summed E-state index contributed by atoms with van der Waals surface area (Å²) in [6, 6.07) is 7.86. The summed E-state index contributed by atoms with van der Waals surface area (Å²) in [5.41, 5.74) is 1.57. The number of hydrogen-bond acceptors (Lipinski definition) is 5. The number of likely N-dealkylation sites (tertiary alicyclic amines) is 1. The molecule has 0 saturated carbocycles. The van der Waals surface area contributed by atoms with Crippen LogP contribution >= 0.6 is 0 Å². The molecule has 1 amide bonds. The molecule has 0 atom stereocenters. The fourth-order valence-corrected chi connectivity index (χ4v) is 4.02. The Kier molecular flexibility index (Phi) is 5.49. The van der Waals surface area contributed by atoms with Gasteiger partial charge in [0.05, 0.1) is 11.0 Å². The van der Waals surface area contributed by atoms with Gasteiger partial charge in [0.15, 0.2) is 5.82 Å². The molecule has 0 unspecified atom stereocenters. The van der Waals surface area contributed by atoms with Crippen molar-refractivity contribution in [2.75, 3.05) is 13.1 Å². The molecule has 3 heterocycles. The average Bonchev–Trinajstić information content (AvgIpc) is 3.32. The predicted molar refractivity (Wildman–Crippen MR) is 113 cm³/mol. The van der Waals surface area contributed by atoms with E-state index in [9.17, 15) is 9.59 Å². The Morgan fingerprint density at radius 2 is 1.97 bits per heavy atom. The number of rotatable bonds is 5. The van der Waals surface area contributed by atoms with Crippen LogP contribution in [0.2, 0.25) is 0 Å². The second-order valence-electron chi connectivity index (χ2n) is 9.04. The minimum Gasteiger partial charge on any atom is -0.343 e. The number of piperidine rings is 1. The lowest BCUT2D eigenvalue weighted by atomic mass is 9.96. The average molecular weight is 412 g/mol. The van der Waals surface area contributed by atoms with Gasteiger partial charge in [-0.1, -0.05) is 38.1 Å². The van der Waals surface area contributed by atoms with Crippen LogP contribution in [0.1, 0.15) is 64.2 Å². The van der Waals surface area contributed by atoms with Crippen LogP contribution in [-0.2, 0) is 16.6 Å². The zero-order valence-electron chi connectivity index (χ0n) is 17.9. The molecule has 3 aromatic rings. The summed E-state index contributed by atoms with van der Waals surface area (Å²) in [5, 5.41) is 4.02. The summed E-state index contributed by atoms with van der Waals surface area (Å²) in [6.07, 6.45) is 3.32. The number of benzene rings is 1. The number of aryl methyl sites for hydroxylation is 1. The van der Waals surface area contributed by atoms with Crippen LogP contribution in [0.3, 0.4) is 0 Å². The van der Waals surface area contributed by atoms with E-state index in [4.69, 9.17) is 4.52 Å². The van der Waals surface area contributed by atoms with E-state index in [0.717, 1.165) is 23.9 Å². The standard InChI is InChI=1S/C22H29N5O3/c1-22(2,3)20-24-18(30-25-20)9-6-10-19(28)26-13-11-15(12-14-26)27-17-8-5-4-7-16(17)23-21(27)29/h4-5,7-8,15H,6,9-14H2,1-3H3,(H,23,29). The number of nitrogens with one attached hydrogen (secondary N) is 1. The number of fused-ring (bicyclic) bond motifs is 1. The molecule has 30 heavy (non-hydrogen) atoms. The van der Waals surface area contributed by atoms with E-state index in [2.05, 4.69) is 15.1 Å². The molecule has 1 aliphatic heterocycles. The van der Waals surface area contributed by atoms with Gasteiger partial charge in [-0.3, -0.25) is 9.36 Å². The van der Waals surface area contributed by atoms with Crippen molar-refractivity contribution in [3.8, 4) is 0 Å². The maximum absolute atomic E-state index is 12.6. The topological polar surface area (TPSA) is 97.0 Å². The van der Waals surface area contributed by atoms with Gasteiger partial charge in [-0.25, -0.2) is 4.79 Å². The molecular formula is C22H29N5O3. The molecule has 1 saturated heterocycles. The van der Waals surface area contributed by atoms with Crippen molar-refractivity contribution >= 4 is 16.9 Å². The van der Waals surface area contributed by atoms with Gasteiger partial charge in [0, 0.05) is 37.4 Å². The third-order valence-corrected chi connectivity index (χ3v) is 5.73. The van der Waals surface area contributed by atoms with Gasteiger partial charge >= 0.3 is 5.69 Å². The molecule has 8 heteroatoms.